The first-order valence-electron chi connectivity index (χ1n) is 14.4. The first-order valence-corrected chi connectivity index (χ1v) is 17.4. The third-order valence-electron chi connectivity index (χ3n) is 8.22. The van der Waals surface area contributed by atoms with Crippen molar-refractivity contribution in [2.24, 2.45) is 11.8 Å². The second kappa shape index (κ2) is 12.9. The molecule has 42 heavy (non-hydrogen) atoms. The van der Waals surface area contributed by atoms with Gasteiger partial charge in [0.1, 0.15) is 0 Å². The number of rotatable bonds is 10. The fourth-order valence-electron chi connectivity index (χ4n) is 5.26. The smallest absolute Gasteiger partial charge is 0.282 e. The zero-order valence-electron chi connectivity index (χ0n) is 24.6. The highest BCUT2D eigenvalue weighted by molar-refractivity contribution is 9.10. The van der Waals surface area contributed by atoms with E-state index in [0.717, 1.165) is 28.6 Å². The molecule has 0 bridgehead atoms. The van der Waals surface area contributed by atoms with Gasteiger partial charge in [-0.15, -0.1) is 11.3 Å². The fourth-order valence-corrected chi connectivity index (χ4v) is 8.41. The molecular weight excluding hydrogens is 624 g/mol. The number of halogens is 1. The van der Waals surface area contributed by atoms with Crippen molar-refractivity contribution in [2.45, 2.75) is 51.4 Å². The number of carbonyl (C=O) groups excluding carboxylic acids is 1. The van der Waals surface area contributed by atoms with Crippen LogP contribution in [-0.4, -0.2) is 38.3 Å². The molecule has 1 radical (unpaired) electrons. The highest BCUT2D eigenvalue weighted by Crippen LogP contribution is 2.37. The highest BCUT2D eigenvalue weighted by Gasteiger charge is 2.36. The number of hydrogen-bond acceptors (Lipinski definition) is 5. The average Bonchev–Trinajstić information content (AvgIpc) is 3.43. The number of thiazole rings is 1. The molecule has 1 unspecified atom stereocenters. The lowest BCUT2D eigenvalue weighted by molar-refractivity contribution is -0.124. The number of benzene rings is 3. The average molecular weight is 663 g/mol. The minimum absolute atomic E-state index is 0.00727. The van der Waals surface area contributed by atoms with E-state index in [1.54, 1.807) is 0 Å². The van der Waals surface area contributed by atoms with Gasteiger partial charge in [0.05, 0.1) is 17.7 Å². The van der Waals surface area contributed by atoms with Gasteiger partial charge in [0, 0.05) is 22.4 Å². The zero-order valence-corrected chi connectivity index (χ0v) is 28.0. The Labute approximate surface area is 263 Å². The molecule has 219 valence electrons. The monoisotopic (exact) mass is 661 g/mol. The van der Waals surface area contributed by atoms with Crippen LogP contribution in [0.1, 0.15) is 57.4 Å². The van der Waals surface area contributed by atoms with E-state index in [2.05, 4.69) is 90.5 Å². The van der Waals surface area contributed by atoms with E-state index in [4.69, 9.17) is 9.41 Å². The second-order valence-corrected chi connectivity index (χ2v) is 16.3. The third kappa shape index (κ3) is 6.95. The molecule has 4 aromatic rings. The number of aliphatic hydroxyl groups excluding tert-OH is 1. The van der Waals surface area contributed by atoms with Crippen LogP contribution in [0.4, 0.5) is 5.13 Å². The van der Waals surface area contributed by atoms with Crippen molar-refractivity contribution in [3.05, 3.63) is 106 Å². The maximum Gasteiger partial charge on any atom is 0.282 e. The number of nitrogens with one attached hydrogen (secondary N) is 1. The standard InChI is InChI=1S/C34H38BrN2O3SSi/c1-33(2,3)25-12-16-29(17-13-25)42(28-8-6-5-7-9-28)40-20-23-18-24(19-23)31(39)37-32-36-30(21-41-32)34(4,22-38)26-10-14-27(35)15-11-26/h5-17,21,23-24,38H,18-20,22H2,1-4H3,(H,36,37,39). The molecule has 5 nitrogen and oxygen atoms in total. The first-order chi connectivity index (χ1) is 20.1. The Bertz CT molecular complexity index is 1480. The SMILES string of the molecule is CC(C)(C)c1ccc([Si](OCC2CC(C(=O)Nc3nc(C(C)(CO)c4ccc(Br)cc4)cs3)C2)c2ccccc2)cc1. The van der Waals surface area contributed by atoms with Crippen LogP contribution in [-0.2, 0) is 20.1 Å². The maximum absolute atomic E-state index is 13.0. The molecule has 3 aromatic carbocycles. The summed E-state index contributed by atoms with van der Waals surface area (Å²) in [5.41, 5.74) is 2.50. The molecule has 0 spiro atoms. The van der Waals surface area contributed by atoms with Gasteiger partial charge in [0.2, 0.25) is 5.91 Å². The Morgan fingerprint density at radius 3 is 2.21 bits per heavy atom. The predicted octanol–water partition coefficient (Wildman–Crippen LogP) is 6.29. The van der Waals surface area contributed by atoms with Crippen LogP contribution in [0.25, 0.3) is 0 Å². The van der Waals surface area contributed by atoms with Gasteiger partial charge in [-0.05, 0) is 64.7 Å². The van der Waals surface area contributed by atoms with Crippen LogP contribution >= 0.6 is 27.3 Å². The number of aliphatic hydroxyl groups is 1. The van der Waals surface area contributed by atoms with E-state index in [-0.39, 0.29) is 23.8 Å². The largest absolute Gasteiger partial charge is 0.407 e. The molecule has 1 aliphatic rings. The van der Waals surface area contributed by atoms with Crippen molar-refractivity contribution in [1.82, 2.24) is 4.98 Å². The third-order valence-corrected chi connectivity index (χ3v) is 11.7. The van der Waals surface area contributed by atoms with Crippen molar-refractivity contribution in [3.8, 4) is 0 Å². The number of aromatic nitrogens is 1. The Morgan fingerprint density at radius 1 is 0.976 bits per heavy atom. The molecule has 1 heterocycles. The zero-order chi connectivity index (χ0) is 29.9. The maximum atomic E-state index is 13.0. The number of anilines is 1. The van der Waals surface area contributed by atoms with Gasteiger partial charge in [0.25, 0.3) is 9.04 Å². The predicted molar refractivity (Wildman–Crippen MR) is 177 cm³/mol. The molecule has 0 aliphatic heterocycles. The lowest BCUT2D eigenvalue weighted by Crippen LogP contribution is -2.47. The summed E-state index contributed by atoms with van der Waals surface area (Å²) >= 11 is 4.87. The van der Waals surface area contributed by atoms with Crippen LogP contribution < -0.4 is 15.7 Å². The highest BCUT2D eigenvalue weighted by atomic mass is 79.9. The topological polar surface area (TPSA) is 71.5 Å². The second-order valence-electron chi connectivity index (χ2n) is 12.4. The molecule has 1 atom stereocenters. The minimum Gasteiger partial charge on any atom is -0.407 e. The van der Waals surface area contributed by atoms with Crippen LogP contribution in [0, 0.1) is 11.8 Å². The van der Waals surface area contributed by atoms with E-state index in [9.17, 15) is 9.90 Å². The number of hydrogen-bond donors (Lipinski definition) is 2. The van der Waals surface area contributed by atoms with E-state index < -0.39 is 14.5 Å². The van der Waals surface area contributed by atoms with Crippen LogP contribution in [0.2, 0.25) is 0 Å². The first kappa shape index (κ1) is 30.8. The Hall–Kier alpha value is -2.62. The molecule has 1 saturated carbocycles. The number of carbonyl (C=O) groups is 1. The van der Waals surface area contributed by atoms with Gasteiger partial charge in [-0.3, -0.25) is 4.79 Å². The fraction of sp³-hybridized carbons (Fsp3) is 0.353. The summed E-state index contributed by atoms with van der Waals surface area (Å²) < 4.78 is 7.61. The van der Waals surface area contributed by atoms with Crippen LogP contribution in [0.15, 0.2) is 88.7 Å². The van der Waals surface area contributed by atoms with Gasteiger partial charge in [-0.1, -0.05) is 103 Å². The normalized spacial score (nSPS) is 18.4. The molecule has 8 heteroatoms. The van der Waals surface area contributed by atoms with Gasteiger partial charge in [0.15, 0.2) is 5.13 Å². The lowest BCUT2D eigenvalue weighted by atomic mass is 9.75. The molecular formula is C34H38BrN2O3SSi. The molecule has 1 aromatic heterocycles. The van der Waals surface area contributed by atoms with Crippen LogP contribution in [0.3, 0.4) is 0 Å². The Kier molecular flexibility index (Phi) is 9.49. The molecule has 1 aliphatic carbocycles. The lowest BCUT2D eigenvalue weighted by Gasteiger charge is -2.34. The van der Waals surface area contributed by atoms with Crippen molar-refractivity contribution in [1.29, 1.82) is 0 Å². The summed E-state index contributed by atoms with van der Waals surface area (Å²) in [5.74, 6) is 0.327. The van der Waals surface area contributed by atoms with E-state index >= 15 is 0 Å². The van der Waals surface area contributed by atoms with Crippen molar-refractivity contribution < 1.29 is 14.3 Å². The van der Waals surface area contributed by atoms with E-state index in [1.165, 1.54) is 27.3 Å². The van der Waals surface area contributed by atoms with Crippen molar-refractivity contribution >= 4 is 57.7 Å². The van der Waals surface area contributed by atoms with E-state index in [1.807, 2.05) is 42.6 Å². The number of nitrogens with zero attached hydrogens (tertiary/aromatic N) is 1. The summed E-state index contributed by atoms with van der Waals surface area (Å²) in [6.45, 7) is 9.23. The summed E-state index contributed by atoms with van der Waals surface area (Å²) in [6, 6.07) is 27.3. The Morgan fingerprint density at radius 2 is 1.60 bits per heavy atom. The molecule has 1 fully saturated rings. The minimum atomic E-state index is -1.39. The molecule has 1 amide bonds. The molecule has 5 rings (SSSR count). The Balaban J connectivity index is 1.17. The van der Waals surface area contributed by atoms with E-state index in [0.29, 0.717) is 17.7 Å². The molecule has 2 N–H and O–H groups in total. The summed E-state index contributed by atoms with van der Waals surface area (Å²) in [7, 11) is -1.39. The van der Waals surface area contributed by atoms with Gasteiger partial charge >= 0.3 is 0 Å². The van der Waals surface area contributed by atoms with Crippen molar-refractivity contribution in [3.63, 3.8) is 0 Å². The summed E-state index contributed by atoms with van der Waals surface area (Å²) in [5, 5.41) is 18.2. The number of amides is 1. The molecule has 0 saturated heterocycles. The summed E-state index contributed by atoms with van der Waals surface area (Å²) in [4.78, 5) is 17.7. The van der Waals surface area contributed by atoms with Gasteiger partial charge < -0.3 is 14.8 Å². The van der Waals surface area contributed by atoms with Gasteiger partial charge in [-0.2, -0.15) is 0 Å². The van der Waals surface area contributed by atoms with Gasteiger partial charge in [-0.25, -0.2) is 4.98 Å². The van der Waals surface area contributed by atoms with Crippen molar-refractivity contribution in [2.75, 3.05) is 18.5 Å². The van der Waals surface area contributed by atoms with Crippen LogP contribution in [0.5, 0.6) is 0 Å². The summed E-state index contributed by atoms with van der Waals surface area (Å²) in [6.07, 6.45) is 1.62. The quantitative estimate of drug-likeness (QED) is 0.196.